The van der Waals surface area contributed by atoms with Crippen molar-refractivity contribution in [3.63, 3.8) is 0 Å². The summed E-state index contributed by atoms with van der Waals surface area (Å²) in [6.07, 6.45) is 1.59. The number of amides is 1. The summed E-state index contributed by atoms with van der Waals surface area (Å²) < 4.78 is 28.1. The van der Waals surface area contributed by atoms with Crippen LogP contribution in [0.25, 0.3) is 0 Å². The number of aromatic nitrogens is 1. The van der Waals surface area contributed by atoms with E-state index in [9.17, 15) is 18.0 Å². The summed E-state index contributed by atoms with van der Waals surface area (Å²) in [6.45, 7) is 0.368. The molecule has 8 nitrogen and oxygen atoms in total. The van der Waals surface area contributed by atoms with E-state index in [-0.39, 0.29) is 41.7 Å². The summed E-state index contributed by atoms with van der Waals surface area (Å²) in [5.41, 5.74) is 1.51. The number of aliphatic imine (C=N–C) groups is 1. The molecule has 1 aromatic heterocycles. The molecule has 1 aliphatic rings. The van der Waals surface area contributed by atoms with Crippen LogP contribution in [0.3, 0.4) is 0 Å². The molecule has 1 amide bonds. The van der Waals surface area contributed by atoms with Crippen LogP contribution in [0.1, 0.15) is 17.5 Å². The quantitative estimate of drug-likeness (QED) is 0.577. The predicted molar refractivity (Wildman–Crippen MR) is 123 cm³/mol. The van der Waals surface area contributed by atoms with Gasteiger partial charge in [0.25, 0.3) is 15.6 Å². The normalized spacial score (nSPS) is 15.2. The molecule has 3 aromatic rings. The SMILES string of the molecule is O=C(CCN=C1NS(=O)(=O)c2ccccc21)Nc1ccc(=O)n(Cc2ccccc2Cl)c1. The molecule has 2 N–H and O–H groups in total. The summed E-state index contributed by atoms with van der Waals surface area (Å²) in [5, 5.41) is 3.28. The molecule has 10 heteroatoms. The first kappa shape index (κ1) is 21.8. The van der Waals surface area contributed by atoms with Crippen molar-refractivity contribution >= 4 is 39.1 Å². The molecular formula is C22H19ClN4O4S. The summed E-state index contributed by atoms with van der Waals surface area (Å²) in [7, 11) is -3.61. The number of pyridine rings is 1. The van der Waals surface area contributed by atoms with Gasteiger partial charge in [-0.25, -0.2) is 8.42 Å². The van der Waals surface area contributed by atoms with E-state index in [1.54, 1.807) is 30.5 Å². The zero-order valence-corrected chi connectivity index (χ0v) is 18.4. The number of nitrogens with zero attached hydrogens (tertiary/aromatic N) is 2. The Morgan fingerprint density at radius 3 is 2.62 bits per heavy atom. The van der Waals surface area contributed by atoms with Crippen molar-refractivity contribution in [2.45, 2.75) is 17.9 Å². The molecule has 0 bridgehead atoms. The first-order valence-electron chi connectivity index (χ1n) is 9.74. The third kappa shape index (κ3) is 4.74. The minimum Gasteiger partial charge on any atom is -0.325 e. The molecule has 4 rings (SSSR count). The molecule has 0 saturated carbocycles. The lowest BCUT2D eigenvalue weighted by Gasteiger charge is -2.10. The Balaban J connectivity index is 1.40. The van der Waals surface area contributed by atoms with Crippen LogP contribution in [0.5, 0.6) is 0 Å². The van der Waals surface area contributed by atoms with Gasteiger partial charge in [-0.1, -0.05) is 41.9 Å². The predicted octanol–water partition coefficient (Wildman–Crippen LogP) is 2.62. The summed E-state index contributed by atoms with van der Waals surface area (Å²) in [4.78, 5) is 28.9. The van der Waals surface area contributed by atoms with Gasteiger partial charge in [-0.15, -0.1) is 0 Å². The van der Waals surface area contributed by atoms with Crippen LogP contribution in [0.2, 0.25) is 5.02 Å². The highest BCUT2D eigenvalue weighted by Crippen LogP contribution is 2.22. The van der Waals surface area contributed by atoms with Crippen molar-refractivity contribution in [1.29, 1.82) is 0 Å². The molecule has 2 aromatic carbocycles. The van der Waals surface area contributed by atoms with Crippen molar-refractivity contribution in [3.8, 4) is 0 Å². The largest absolute Gasteiger partial charge is 0.325 e. The van der Waals surface area contributed by atoms with E-state index < -0.39 is 10.0 Å². The van der Waals surface area contributed by atoms with E-state index in [0.717, 1.165) is 5.56 Å². The Morgan fingerprint density at radius 1 is 1.06 bits per heavy atom. The fraction of sp³-hybridized carbons (Fsp3) is 0.136. The van der Waals surface area contributed by atoms with E-state index >= 15 is 0 Å². The molecule has 0 atom stereocenters. The first-order valence-corrected chi connectivity index (χ1v) is 11.6. The number of benzene rings is 2. The van der Waals surface area contributed by atoms with E-state index in [4.69, 9.17) is 11.6 Å². The smallest absolute Gasteiger partial charge is 0.263 e. The molecule has 1 aliphatic heterocycles. The highest BCUT2D eigenvalue weighted by molar-refractivity contribution is 7.90. The van der Waals surface area contributed by atoms with Gasteiger partial charge in [0, 0.05) is 29.3 Å². The molecule has 164 valence electrons. The van der Waals surface area contributed by atoms with Gasteiger partial charge < -0.3 is 9.88 Å². The molecule has 0 saturated heterocycles. The van der Waals surface area contributed by atoms with Gasteiger partial charge in [0.15, 0.2) is 0 Å². The van der Waals surface area contributed by atoms with Gasteiger partial charge in [-0.3, -0.25) is 19.3 Å². The lowest BCUT2D eigenvalue weighted by atomic mass is 10.2. The number of carbonyl (C=O) groups excluding carboxylic acids is 1. The number of amidine groups is 1. The van der Waals surface area contributed by atoms with Crippen molar-refractivity contribution in [2.75, 3.05) is 11.9 Å². The van der Waals surface area contributed by atoms with Gasteiger partial charge in [-0.2, -0.15) is 0 Å². The minimum atomic E-state index is -3.61. The van der Waals surface area contributed by atoms with Crippen LogP contribution in [-0.2, 0) is 21.4 Å². The average molecular weight is 471 g/mol. The number of rotatable bonds is 6. The number of carbonyl (C=O) groups is 1. The van der Waals surface area contributed by atoms with Crippen molar-refractivity contribution in [2.24, 2.45) is 4.99 Å². The molecular weight excluding hydrogens is 452 g/mol. The molecule has 32 heavy (non-hydrogen) atoms. The summed E-state index contributed by atoms with van der Waals surface area (Å²) in [6, 6.07) is 16.6. The summed E-state index contributed by atoms with van der Waals surface area (Å²) in [5.74, 6) is -0.0897. The van der Waals surface area contributed by atoms with E-state index in [0.29, 0.717) is 16.3 Å². The van der Waals surface area contributed by atoms with Crippen LogP contribution in [0.4, 0.5) is 5.69 Å². The molecule has 0 aliphatic carbocycles. The van der Waals surface area contributed by atoms with E-state index in [2.05, 4.69) is 15.0 Å². The van der Waals surface area contributed by atoms with Crippen LogP contribution < -0.4 is 15.6 Å². The monoisotopic (exact) mass is 470 g/mol. The molecule has 0 fully saturated rings. The fourth-order valence-electron chi connectivity index (χ4n) is 3.28. The second-order valence-electron chi connectivity index (χ2n) is 7.11. The van der Waals surface area contributed by atoms with Crippen molar-refractivity contribution < 1.29 is 13.2 Å². The van der Waals surface area contributed by atoms with Crippen LogP contribution >= 0.6 is 11.6 Å². The number of nitrogens with one attached hydrogen (secondary N) is 2. The van der Waals surface area contributed by atoms with E-state index in [1.807, 2.05) is 18.2 Å². The number of halogens is 1. The van der Waals surface area contributed by atoms with Crippen molar-refractivity contribution in [3.05, 3.63) is 93.4 Å². The van der Waals surface area contributed by atoms with Crippen LogP contribution in [0, 0.1) is 0 Å². The van der Waals surface area contributed by atoms with Gasteiger partial charge in [-0.05, 0) is 29.8 Å². The Kier molecular flexibility index (Phi) is 6.11. The molecule has 0 spiro atoms. The van der Waals surface area contributed by atoms with Gasteiger partial charge in [0.2, 0.25) is 5.91 Å². The maximum atomic E-state index is 12.3. The standard InChI is InChI=1S/C22H19ClN4O4S/c23-18-7-3-1-5-15(18)13-27-14-16(9-10-21(27)29)25-20(28)11-12-24-22-17-6-2-4-8-19(17)32(30,31)26-22/h1-10,14H,11-13H2,(H,24,26)(H,25,28). The van der Waals surface area contributed by atoms with Gasteiger partial charge >= 0.3 is 0 Å². The molecule has 2 heterocycles. The van der Waals surface area contributed by atoms with Gasteiger partial charge in [0.1, 0.15) is 5.84 Å². The second kappa shape index (κ2) is 8.97. The lowest BCUT2D eigenvalue weighted by Crippen LogP contribution is -2.23. The van der Waals surface area contributed by atoms with Crippen molar-refractivity contribution in [1.82, 2.24) is 9.29 Å². The highest BCUT2D eigenvalue weighted by atomic mass is 35.5. The minimum absolute atomic E-state index is 0.0387. The number of hydrogen-bond donors (Lipinski definition) is 2. The number of hydrogen-bond acceptors (Lipinski definition) is 5. The number of anilines is 1. The molecule has 0 unspecified atom stereocenters. The van der Waals surface area contributed by atoms with Gasteiger partial charge in [0.05, 0.1) is 23.7 Å². The number of fused-ring (bicyclic) bond motifs is 1. The summed E-state index contributed by atoms with van der Waals surface area (Å²) >= 11 is 6.17. The third-order valence-electron chi connectivity index (χ3n) is 4.84. The zero-order valence-electron chi connectivity index (χ0n) is 16.8. The highest BCUT2D eigenvalue weighted by Gasteiger charge is 2.29. The lowest BCUT2D eigenvalue weighted by molar-refractivity contribution is -0.116. The maximum absolute atomic E-state index is 12.3. The maximum Gasteiger partial charge on any atom is 0.263 e. The Morgan fingerprint density at radius 2 is 1.81 bits per heavy atom. The third-order valence-corrected chi connectivity index (χ3v) is 6.60. The zero-order chi connectivity index (χ0) is 22.7. The topological polar surface area (TPSA) is 110 Å². The van der Waals surface area contributed by atoms with E-state index in [1.165, 1.54) is 22.8 Å². The van der Waals surface area contributed by atoms with Crippen LogP contribution in [-0.4, -0.2) is 31.3 Å². The second-order valence-corrected chi connectivity index (χ2v) is 9.16. The number of sulfonamides is 1. The Labute approximate surface area is 189 Å². The van der Waals surface area contributed by atoms with Crippen LogP contribution in [0.15, 0.2) is 81.5 Å². The molecule has 0 radical (unpaired) electrons. The fourth-order valence-corrected chi connectivity index (χ4v) is 4.73. The Hall–Kier alpha value is -3.43. The Bertz CT molecular complexity index is 1380. The average Bonchev–Trinajstić information content (AvgIpc) is 3.02. The first-order chi connectivity index (χ1) is 15.3.